The van der Waals surface area contributed by atoms with Crippen LogP contribution in [0.1, 0.15) is 323 Å². The van der Waals surface area contributed by atoms with Crippen LogP contribution in [0, 0.1) is 5.92 Å². The molecule has 0 saturated carbocycles. The standard InChI is InChI=1S/C55H108O2/c1-4-5-6-7-8-9-10-11-12-27-31-34-37-40-43-46-49-52-55(56)57-53-50-47-44-41-38-35-32-29-26-24-22-20-18-16-14-13-15-17-19-21-23-25-28-30-33-36-39-42-45-48-51-54(2)3/h11-12,54H,4-10,13-53H2,1-3H3. The highest BCUT2D eigenvalue weighted by atomic mass is 16.5. The van der Waals surface area contributed by atoms with E-state index < -0.39 is 0 Å². The molecule has 2 heteroatoms. The smallest absolute Gasteiger partial charge is 0.305 e. The number of rotatable bonds is 50. The van der Waals surface area contributed by atoms with Crippen LogP contribution in [0.3, 0.4) is 0 Å². The summed E-state index contributed by atoms with van der Waals surface area (Å²) in [7, 11) is 0. The third-order valence-corrected chi connectivity index (χ3v) is 12.6. The lowest BCUT2D eigenvalue weighted by Gasteiger charge is -2.06. The highest BCUT2D eigenvalue weighted by Gasteiger charge is 2.03. The molecule has 0 aliphatic rings. The van der Waals surface area contributed by atoms with Gasteiger partial charge in [-0.3, -0.25) is 4.79 Å². The average molecular weight is 801 g/mol. The molecule has 0 aromatic carbocycles. The van der Waals surface area contributed by atoms with Gasteiger partial charge in [-0.25, -0.2) is 0 Å². The Morgan fingerprint density at radius 1 is 0.351 bits per heavy atom. The van der Waals surface area contributed by atoms with E-state index in [9.17, 15) is 4.79 Å². The van der Waals surface area contributed by atoms with Crippen molar-refractivity contribution in [3.63, 3.8) is 0 Å². The number of ether oxygens (including phenoxy) is 1. The summed E-state index contributed by atoms with van der Waals surface area (Å²) in [6.45, 7) is 7.61. The number of carbonyl (C=O) groups excluding carboxylic acids is 1. The number of carbonyl (C=O) groups is 1. The molecule has 0 unspecified atom stereocenters. The number of hydrogen-bond donors (Lipinski definition) is 0. The molecular weight excluding hydrogens is 693 g/mol. The minimum absolute atomic E-state index is 0.0263. The van der Waals surface area contributed by atoms with Crippen molar-refractivity contribution in [3.05, 3.63) is 12.2 Å². The fraction of sp³-hybridized carbons (Fsp3) is 0.945. The van der Waals surface area contributed by atoms with Gasteiger partial charge < -0.3 is 4.74 Å². The Balaban J connectivity index is 3.15. The lowest BCUT2D eigenvalue weighted by Crippen LogP contribution is -2.05. The van der Waals surface area contributed by atoms with Crippen molar-refractivity contribution >= 4 is 5.97 Å². The van der Waals surface area contributed by atoms with Crippen molar-refractivity contribution in [1.82, 2.24) is 0 Å². The van der Waals surface area contributed by atoms with Crippen molar-refractivity contribution < 1.29 is 9.53 Å². The molecule has 0 aliphatic heterocycles. The summed E-state index contributed by atoms with van der Waals surface area (Å²) in [5.74, 6) is 0.915. The van der Waals surface area contributed by atoms with Gasteiger partial charge in [0.2, 0.25) is 0 Å². The van der Waals surface area contributed by atoms with Gasteiger partial charge >= 0.3 is 5.97 Å². The average Bonchev–Trinajstić information content (AvgIpc) is 3.20. The molecule has 0 aromatic rings. The number of esters is 1. The third-order valence-electron chi connectivity index (χ3n) is 12.6. The lowest BCUT2D eigenvalue weighted by molar-refractivity contribution is -0.143. The first-order chi connectivity index (χ1) is 28.2. The summed E-state index contributed by atoms with van der Waals surface area (Å²) in [4.78, 5) is 12.0. The molecule has 57 heavy (non-hydrogen) atoms. The zero-order valence-electron chi connectivity index (χ0n) is 40.0. The summed E-state index contributed by atoms with van der Waals surface area (Å²) < 4.78 is 5.49. The fourth-order valence-electron chi connectivity index (χ4n) is 8.56. The fourth-order valence-corrected chi connectivity index (χ4v) is 8.56. The van der Waals surface area contributed by atoms with E-state index in [0.717, 1.165) is 18.8 Å². The van der Waals surface area contributed by atoms with E-state index in [1.165, 1.54) is 283 Å². The first-order valence-corrected chi connectivity index (χ1v) is 27.0. The second-order valence-corrected chi connectivity index (χ2v) is 19.1. The summed E-state index contributed by atoms with van der Waals surface area (Å²) in [5.41, 5.74) is 0. The molecule has 0 amide bonds. The van der Waals surface area contributed by atoms with Gasteiger partial charge in [-0.1, -0.05) is 290 Å². The molecule has 0 rings (SSSR count). The van der Waals surface area contributed by atoms with Gasteiger partial charge in [-0.2, -0.15) is 0 Å². The van der Waals surface area contributed by atoms with E-state index >= 15 is 0 Å². The molecule has 0 N–H and O–H groups in total. The van der Waals surface area contributed by atoms with Crippen LogP contribution in [-0.4, -0.2) is 12.6 Å². The van der Waals surface area contributed by atoms with Crippen LogP contribution in [0.15, 0.2) is 12.2 Å². The van der Waals surface area contributed by atoms with Crippen LogP contribution >= 0.6 is 0 Å². The second-order valence-electron chi connectivity index (χ2n) is 19.1. The van der Waals surface area contributed by atoms with Gasteiger partial charge in [0.25, 0.3) is 0 Å². The minimum atomic E-state index is 0.0263. The SMILES string of the molecule is CCCCCCCCC=CCCCCCCCCCC(=O)OCCCCCCCCCCCCCCCCCCCCCCCCCCCCCCCCC(C)C. The first kappa shape index (κ1) is 56.2. The van der Waals surface area contributed by atoms with Crippen molar-refractivity contribution in [2.24, 2.45) is 5.92 Å². The third kappa shape index (κ3) is 53.2. The Labute approximate surface area is 361 Å². The molecule has 0 heterocycles. The number of allylic oxidation sites excluding steroid dienone is 2. The molecule has 340 valence electrons. The van der Waals surface area contributed by atoms with Crippen molar-refractivity contribution in [3.8, 4) is 0 Å². The normalized spacial score (nSPS) is 11.8. The summed E-state index contributed by atoms with van der Waals surface area (Å²) >= 11 is 0. The predicted molar refractivity (Wildman–Crippen MR) is 258 cm³/mol. The van der Waals surface area contributed by atoms with Gasteiger partial charge in [0.05, 0.1) is 6.61 Å². The van der Waals surface area contributed by atoms with Crippen LogP contribution in [0.4, 0.5) is 0 Å². The molecule has 0 fully saturated rings. The lowest BCUT2D eigenvalue weighted by atomic mass is 10.0. The quantitative estimate of drug-likeness (QED) is 0.0348. The van der Waals surface area contributed by atoms with E-state index in [1.807, 2.05) is 0 Å². The largest absolute Gasteiger partial charge is 0.466 e. The van der Waals surface area contributed by atoms with Crippen molar-refractivity contribution in [1.29, 1.82) is 0 Å². The van der Waals surface area contributed by atoms with Gasteiger partial charge in [-0.15, -0.1) is 0 Å². The summed E-state index contributed by atoms with van der Waals surface area (Å²) in [5, 5.41) is 0. The molecule has 0 atom stereocenters. The summed E-state index contributed by atoms with van der Waals surface area (Å²) in [6, 6.07) is 0. The number of hydrogen-bond acceptors (Lipinski definition) is 2. The molecule has 0 aliphatic carbocycles. The van der Waals surface area contributed by atoms with Crippen LogP contribution < -0.4 is 0 Å². The predicted octanol–water partition coefficient (Wildman–Crippen LogP) is 20.1. The molecule has 0 bridgehead atoms. The van der Waals surface area contributed by atoms with E-state index in [-0.39, 0.29) is 5.97 Å². The maximum atomic E-state index is 12.0. The Bertz CT molecular complexity index is 756. The molecule has 2 nitrogen and oxygen atoms in total. The Morgan fingerprint density at radius 3 is 0.930 bits per heavy atom. The number of unbranched alkanes of at least 4 members (excludes halogenated alkanes) is 42. The maximum Gasteiger partial charge on any atom is 0.305 e. The first-order valence-electron chi connectivity index (χ1n) is 27.0. The van der Waals surface area contributed by atoms with Crippen LogP contribution in [0.25, 0.3) is 0 Å². The Kier molecular flexibility index (Phi) is 50.6. The summed E-state index contributed by atoms with van der Waals surface area (Å²) in [6.07, 6.45) is 69.4. The zero-order chi connectivity index (χ0) is 41.2. The van der Waals surface area contributed by atoms with Crippen LogP contribution in [-0.2, 0) is 9.53 Å². The highest BCUT2D eigenvalue weighted by molar-refractivity contribution is 5.69. The van der Waals surface area contributed by atoms with Gasteiger partial charge in [0.1, 0.15) is 0 Å². The Morgan fingerprint density at radius 2 is 0.614 bits per heavy atom. The molecule has 0 radical (unpaired) electrons. The van der Waals surface area contributed by atoms with E-state index in [2.05, 4.69) is 32.9 Å². The molecule has 0 aromatic heterocycles. The van der Waals surface area contributed by atoms with Gasteiger partial charge in [0.15, 0.2) is 0 Å². The van der Waals surface area contributed by atoms with E-state index in [0.29, 0.717) is 13.0 Å². The molecule has 0 saturated heterocycles. The van der Waals surface area contributed by atoms with E-state index in [1.54, 1.807) is 0 Å². The highest BCUT2D eigenvalue weighted by Crippen LogP contribution is 2.18. The second kappa shape index (κ2) is 51.4. The monoisotopic (exact) mass is 801 g/mol. The van der Waals surface area contributed by atoms with Gasteiger partial charge in [0, 0.05) is 6.42 Å². The van der Waals surface area contributed by atoms with Crippen molar-refractivity contribution in [2.75, 3.05) is 6.61 Å². The van der Waals surface area contributed by atoms with Gasteiger partial charge in [-0.05, 0) is 44.4 Å². The molecular formula is C55H108O2. The van der Waals surface area contributed by atoms with Crippen LogP contribution in [0.5, 0.6) is 0 Å². The Hall–Kier alpha value is -0.790. The maximum absolute atomic E-state index is 12.0. The van der Waals surface area contributed by atoms with E-state index in [4.69, 9.17) is 4.74 Å². The molecule has 0 spiro atoms. The topological polar surface area (TPSA) is 26.3 Å². The zero-order valence-corrected chi connectivity index (χ0v) is 40.0. The van der Waals surface area contributed by atoms with Crippen LogP contribution in [0.2, 0.25) is 0 Å². The minimum Gasteiger partial charge on any atom is -0.466 e. The van der Waals surface area contributed by atoms with Crippen molar-refractivity contribution in [2.45, 2.75) is 323 Å².